The molecule has 2 aromatic rings. The van der Waals surface area contributed by atoms with Gasteiger partial charge in [0, 0.05) is 30.5 Å². The SMILES string of the molecule is c1ccc(C[C@@H]2CC[C@@H](NCc3cncnc3)C2)cc1. The summed E-state index contributed by atoms with van der Waals surface area (Å²) in [5.41, 5.74) is 2.63. The highest BCUT2D eigenvalue weighted by Gasteiger charge is 2.24. The van der Waals surface area contributed by atoms with Crippen LogP contribution in [0.1, 0.15) is 30.4 Å². The fraction of sp³-hybridized carbons (Fsp3) is 0.412. The third-order valence-corrected chi connectivity index (χ3v) is 4.12. The molecule has 20 heavy (non-hydrogen) atoms. The molecule has 1 N–H and O–H groups in total. The Morgan fingerprint density at radius 2 is 1.80 bits per heavy atom. The summed E-state index contributed by atoms with van der Waals surface area (Å²) in [5, 5.41) is 3.63. The van der Waals surface area contributed by atoms with Gasteiger partial charge in [0.15, 0.2) is 0 Å². The van der Waals surface area contributed by atoms with Crippen molar-refractivity contribution in [1.82, 2.24) is 15.3 Å². The highest BCUT2D eigenvalue weighted by molar-refractivity contribution is 5.15. The van der Waals surface area contributed by atoms with Crippen LogP contribution in [0.2, 0.25) is 0 Å². The van der Waals surface area contributed by atoms with E-state index in [4.69, 9.17) is 0 Å². The molecule has 0 saturated heterocycles. The lowest BCUT2D eigenvalue weighted by molar-refractivity contribution is 0.483. The van der Waals surface area contributed by atoms with Crippen LogP contribution in [-0.2, 0) is 13.0 Å². The Bertz CT molecular complexity index is 512. The summed E-state index contributed by atoms with van der Waals surface area (Å²) in [6.45, 7) is 0.879. The van der Waals surface area contributed by atoms with Gasteiger partial charge in [-0.05, 0) is 37.2 Å². The molecule has 104 valence electrons. The molecule has 1 aromatic heterocycles. The minimum atomic E-state index is 0.643. The topological polar surface area (TPSA) is 37.8 Å². The number of hydrogen-bond acceptors (Lipinski definition) is 3. The van der Waals surface area contributed by atoms with Crippen LogP contribution in [0.25, 0.3) is 0 Å². The molecule has 1 aliphatic carbocycles. The highest BCUT2D eigenvalue weighted by atomic mass is 14.9. The lowest BCUT2D eigenvalue weighted by atomic mass is 9.98. The highest BCUT2D eigenvalue weighted by Crippen LogP contribution is 2.28. The Morgan fingerprint density at radius 1 is 1.00 bits per heavy atom. The third-order valence-electron chi connectivity index (χ3n) is 4.12. The van der Waals surface area contributed by atoms with Crippen LogP contribution < -0.4 is 5.32 Å². The molecule has 1 aliphatic rings. The van der Waals surface area contributed by atoms with Crippen LogP contribution in [0.4, 0.5) is 0 Å². The standard InChI is InChI=1S/C17H21N3/c1-2-4-14(5-3-1)8-15-6-7-17(9-15)20-12-16-10-18-13-19-11-16/h1-5,10-11,13,15,17,20H,6-9,12H2/t15-,17+/m0/s1. The third kappa shape index (κ3) is 3.64. The van der Waals surface area contributed by atoms with Crippen molar-refractivity contribution in [3.8, 4) is 0 Å². The largest absolute Gasteiger partial charge is 0.310 e. The first kappa shape index (κ1) is 13.3. The molecule has 3 nitrogen and oxygen atoms in total. The first-order valence-electron chi connectivity index (χ1n) is 7.41. The fourth-order valence-corrected chi connectivity index (χ4v) is 3.08. The Kier molecular flexibility index (Phi) is 4.38. The van der Waals surface area contributed by atoms with Crippen molar-refractivity contribution in [2.24, 2.45) is 5.92 Å². The van der Waals surface area contributed by atoms with Gasteiger partial charge in [-0.25, -0.2) is 9.97 Å². The maximum Gasteiger partial charge on any atom is 0.115 e. The maximum atomic E-state index is 4.05. The number of aromatic nitrogens is 2. The molecule has 1 heterocycles. The van der Waals surface area contributed by atoms with Crippen molar-refractivity contribution in [1.29, 1.82) is 0 Å². The number of nitrogens with one attached hydrogen (secondary N) is 1. The van der Waals surface area contributed by atoms with Crippen LogP contribution in [0.5, 0.6) is 0 Å². The van der Waals surface area contributed by atoms with Crippen molar-refractivity contribution in [2.45, 2.75) is 38.3 Å². The molecule has 0 amide bonds. The molecule has 3 rings (SSSR count). The lowest BCUT2D eigenvalue weighted by Crippen LogP contribution is -2.26. The van der Waals surface area contributed by atoms with Gasteiger partial charge in [-0.2, -0.15) is 0 Å². The number of rotatable bonds is 5. The first-order chi connectivity index (χ1) is 9.90. The van der Waals surface area contributed by atoms with E-state index in [1.54, 1.807) is 6.33 Å². The molecular formula is C17H21N3. The van der Waals surface area contributed by atoms with E-state index in [9.17, 15) is 0 Å². The second-order valence-electron chi connectivity index (χ2n) is 5.69. The van der Waals surface area contributed by atoms with Crippen LogP contribution in [-0.4, -0.2) is 16.0 Å². The van der Waals surface area contributed by atoms with Gasteiger partial charge in [0.25, 0.3) is 0 Å². The zero-order valence-corrected chi connectivity index (χ0v) is 11.7. The molecule has 0 aliphatic heterocycles. The van der Waals surface area contributed by atoms with Gasteiger partial charge < -0.3 is 5.32 Å². The minimum Gasteiger partial charge on any atom is -0.310 e. The summed E-state index contributed by atoms with van der Waals surface area (Å²) in [4.78, 5) is 8.10. The summed E-state index contributed by atoms with van der Waals surface area (Å²) in [5.74, 6) is 0.821. The van der Waals surface area contributed by atoms with E-state index >= 15 is 0 Å². The zero-order chi connectivity index (χ0) is 13.6. The summed E-state index contributed by atoms with van der Waals surface area (Å²) < 4.78 is 0. The van der Waals surface area contributed by atoms with Crippen LogP contribution >= 0.6 is 0 Å². The summed E-state index contributed by atoms with van der Waals surface area (Å²) in [6.07, 6.45) is 10.5. The van der Waals surface area contributed by atoms with E-state index in [1.807, 2.05) is 12.4 Å². The van der Waals surface area contributed by atoms with Crippen LogP contribution in [0, 0.1) is 5.92 Å². The average Bonchev–Trinajstić information content (AvgIpc) is 2.95. The molecule has 1 saturated carbocycles. The maximum absolute atomic E-state index is 4.05. The Labute approximate surface area is 120 Å². The molecule has 3 heteroatoms. The molecule has 0 bridgehead atoms. The lowest BCUT2D eigenvalue weighted by Gasteiger charge is -2.13. The van der Waals surface area contributed by atoms with E-state index in [2.05, 4.69) is 45.6 Å². The fourth-order valence-electron chi connectivity index (χ4n) is 3.08. The normalized spacial score (nSPS) is 22.0. The molecule has 1 fully saturated rings. The Balaban J connectivity index is 1.45. The van der Waals surface area contributed by atoms with Gasteiger partial charge in [-0.1, -0.05) is 30.3 Å². The van der Waals surface area contributed by atoms with Gasteiger partial charge in [-0.15, -0.1) is 0 Å². The van der Waals surface area contributed by atoms with E-state index < -0.39 is 0 Å². The predicted octanol–water partition coefficient (Wildman–Crippen LogP) is 2.98. The molecule has 1 aromatic carbocycles. The molecule has 2 atom stereocenters. The van der Waals surface area contributed by atoms with Crippen molar-refractivity contribution in [3.63, 3.8) is 0 Å². The summed E-state index contributed by atoms with van der Waals surface area (Å²) in [7, 11) is 0. The second-order valence-corrected chi connectivity index (χ2v) is 5.69. The molecule has 0 spiro atoms. The van der Waals surface area contributed by atoms with E-state index in [0.717, 1.165) is 12.5 Å². The average molecular weight is 267 g/mol. The van der Waals surface area contributed by atoms with Crippen molar-refractivity contribution in [2.75, 3.05) is 0 Å². The number of nitrogens with zero attached hydrogens (tertiary/aromatic N) is 2. The van der Waals surface area contributed by atoms with Crippen molar-refractivity contribution < 1.29 is 0 Å². The summed E-state index contributed by atoms with van der Waals surface area (Å²) >= 11 is 0. The van der Waals surface area contributed by atoms with Gasteiger partial charge >= 0.3 is 0 Å². The predicted molar refractivity (Wildman–Crippen MR) is 80.1 cm³/mol. The Hall–Kier alpha value is -1.74. The molecule has 0 radical (unpaired) electrons. The van der Waals surface area contributed by atoms with Gasteiger partial charge in [0.1, 0.15) is 6.33 Å². The number of hydrogen-bond donors (Lipinski definition) is 1. The van der Waals surface area contributed by atoms with Gasteiger partial charge in [0.05, 0.1) is 0 Å². The zero-order valence-electron chi connectivity index (χ0n) is 11.7. The van der Waals surface area contributed by atoms with E-state index in [0.29, 0.717) is 6.04 Å². The van der Waals surface area contributed by atoms with Gasteiger partial charge in [-0.3, -0.25) is 0 Å². The van der Waals surface area contributed by atoms with Crippen LogP contribution in [0.15, 0.2) is 49.1 Å². The minimum absolute atomic E-state index is 0.643. The van der Waals surface area contributed by atoms with Crippen molar-refractivity contribution in [3.05, 3.63) is 60.2 Å². The summed E-state index contributed by atoms with van der Waals surface area (Å²) in [6, 6.07) is 11.5. The smallest absolute Gasteiger partial charge is 0.115 e. The first-order valence-corrected chi connectivity index (χ1v) is 7.41. The Morgan fingerprint density at radius 3 is 2.60 bits per heavy atom. The molecular weight excluding hydrogens is 246 g/mol. The molecule has 0 unspecified atom stereocenters. The quantitative estimate of drug-likeness (QED) is 0.905. The van der Waals surface area contributed by atoms with Gasteiger partial charge in [0.2, 0.25) is 0 Å². The van der Waals surface area contributed by atoms with E-state index in [-0.39, 0.29) is 0 Å². The monoisotopic (exact) mass is 267 g/mol. The van der Waals surface area contributed by atoms with E-state index in [1.165, 1.54) is 36.8 Å². The second kappa shape index (κ2) is 6.62. The van der Waals surface area contributed by atoms with Crippen molar-refractivity contribution >= 4 is 0 Å². The van der Waals surface area contributed by atoms with Crippen LogP contribution in [0.3, 0.4) is 0 Å². The number of benzene rings is 1.